The molecule has 2 aromatic rings. The fraction of sp³-hybridized carbons (Fsp3) is 0.375. The van der Waals surface area contributed by atoms with Gasteiger partial charge in [-0.15, -0.1) is 0 Å². The molecule has 1 aromatic heterocycles. The van der Waals surface area contributed by atoms with Crippen LogP contribution >= 0.6 is 0 Å². The number of hydrogen-bond acceptors (Lipinski definition) is 3. The number of benzene rings is 1. The van der Waals surface area contributed by atoms with Crippen molar-refractivity contribution in [1.82, 2.24) is 10.5 Å². The lowest BCUT2D eigenvalue weighted by molar-refractivity contribution is 0.0853. The van der Waals surface area contributed by atoms with Gasteiger partial charge in [0.1, 0.15) is 17.9 Å². The van der Waals surface area contributed by atoms with E-state index in [0.717, 1.165) is 25.3 Å². The second kappa shape index (κ2) is 5.87. The van der Waals surface area contributed by atoms with E-state index in [9.17, 15) is 13.6 Å². The molecule has 4 nitrogen and oxygen atoms in total. The second-order valence-corrected chi connectivity index (χ2v) is 5.61. The minimum absolute atomic E-state index is 0.146. The first-order valence-electron chi connectivity index (χ1n) is 7.29. The molecule has 6 heteroatoms. The minimum Gasteiger partial charge on any atom is -0.364 e. The van der Waals surface area contributed by atoms with Crippen molar-refractivity contribution in [3.8, 4) is 0 Å². The smallest absolute Gasteiger partial charge is 0.274 e. The SMILES string of the molecule is O=C(NC1(c2ccc(F)cc2F)CCCCC1)c1ccon1. The quantitative estimate of drug-likeness (QED) is 0.943. The van der Waals surface area contributed by atoms with E-state index in [4.69, 9.17) is 0 Å². The van der Waals surface area contributed by atoms with Crippen LogP contribution in [0.4, 0.5) is 8.78 Å². The van der Waals surface area contributed by atoms with Crippen LogP contribution in [0.25, 0.3) is 0 Å². The molecule has 1 amide bonds. The van der Waals surface area contributed by atoms with Crippen LogP contribution in [-0.2, 0) is 5.54 Å². The summed E-state index contributed by atoms with van der Waals surface area (Å²) in [4.78, 5) is 12.3. The Bertz CT molecular complexity index is 665. The van der Waals surface area contributed by atoms with E-state index in [1.165, 1.54) is 24.5 Å². The topological polar surface area (TPSA) is 55.1 Å². The van der Waals surface area contributed by atoms with Gasteiger partial charge in [0.05, 0.1) is 5.54 Å². The third kappa shape index (κ3) is 2.73. The van der Waals surface area contributed by atoms with Crippen molar-refractivity contribution in [3.63, 3.8) is 0 Å². The Morgan fingerprint density at radius 1 is 1.18 bits per heavy atom. The van der Waals surface area contributed by atoms with Crippen molar-refractivity contribution in [2.24, 2.45) is 0 Å². The van der Waals surface area contributed by atoms with Crippen molar-refractivity contribution < 1.29 is 18.1 Å². The van der Waals surface area contributed by atoms with Gasteiger partial charge in [-0.1, -0.05) is 30.5 Å². The molecule has 0 aliphatic heterocycles. The van der Waals surface area contributed by atoms with E-state index in [-0.39, 0.29) is 5.69 Å². The van der Waals surface area contributed by atoms with Crippen molar-refractivity contribution in [2.75, 3.05) is 0 Å². The van der Waals surface area contributed by atoms with Gasteiger partial charge >= 0.3 is 0 Å². The van der Waals surface area contributed by atoms with Crippen molar-refractivity contribution in [2.45, 2.75) is 37.6 Å². The fourth-order valence-corrected chi connectivity index (χ4v) is 3.11. The van der Waals surface area contributed by atoms with E-state index in [2.05, 4.69) is 15.0 Å². The number of carbonyl (C=O) groups is 1. The van der Waals surface area contributed by atoms with Gasteiger partial charge in [-0.3, -0.25) is 4.79 Å². The van der Waals surface area contributed by atoms with E-state index < -0.39 is 23.1 Å². The molecule has 22 heavy (non-hydrogen) atoms. The predicted octanol–water partition coefficient (Wildman–Crippen LogP) is 3.54. The first kappa shape index (κ1) is 14.7. The first-order chi connectivity index (χ1) is 10.6. The zero-order valence-corrected chi connectivity index (χ0v) is 11.9. The maximum atomic E-state index is 14.2. The summed E-state index contributed by atoms with van der Waals surface area (Å²) in [6.45, 7) is 0. The molecule has 0 spiro atoms. The molecule has 1 saturated carbocycles. The van der Waals surface area contributed by atoms with Gasteiger partial charge in [0.25, 0.3) is 5.91 Å². The van der Waals surface area contributed by atoms with Crippen LogP contribution in [0, 0.1) is 11.6 Å². The monoisotopic (exact) mass is 306 g/mol. The zero-order valence-electron chi connectivity index (χ0n) is 11.9. The van der Waals surface area contributed by atoms with E-state index in [1.807, 2.05) is 0 Å². The summed E-state index contributed by atoms with van der Waals surface area (Å²) in [6.07, 6.45) is 5.30. The van der Waals surface area contributed by atoms with E-state index in [0.29, 0.717) is 18.4 Å². The molecule has 1 heterocycles. The highest BCUT2D eigenvalue weighted by molar-refractivity contribution is 5.92. The highest BCUT2D eigenvalue weighted by Crippen LogP contribution is 2.38. The summed E-state index contributed by atoms with van der Waals surface area (Å²) in [5.41, 5.74) is -0.357. The number of carbonyl (C=O) groups excluding carboxylic acids is 1. The van der Waals surface area contributed by atoms with Gasteiger partial charge in [0.2, 0.25) is 0 Å². The Hall–Kier alpha value is -2.24. The van der Waals surface area contributed by atoms with Crippen molar-refractivity contribution in [1.29, 1.82) is 0 Å². The number of halogens is 2. The number of nitrogens with one attached hydrogen (secondary N) is 1. The molecule has 0 saturated heterocycles. The average molecular weight is 306 g/mol. The number of aromatic nitrogens is 1. The zero-order chi connectivity index (χ0) is 15.6. The summed E-state index contributed by atoms with van der Waals surface area (Å²) in [5.74, 6) is -1.68. The Balaban J connectivity index is 1.96. The molecule has 3 rings (SSSR count). The third-order valence-corrected chi connectivity index (χ3v) is 4.18. The van der Waals surface area contributed by atoms with Crippen LogP contribution in [0.3, 0.4) is 0 Å². The summed E-state index contributed by atoms with van der Waals surface area (Å²) >= 11 is 0. The molecule has 0 atom stereocenters. The molecular formula is C16H16F2N2O2. The minimum atomic E-state index is -0.827. The van der Waals surface area contributed by atoms with Crippen LogP contribution in [0.5, 0.6) is 0 Å². The number of nitrogens with zero attached hydrogens (tertiary/aromatic N) is 1. The highest BCUT2D eigenvalue weighted by atomic mass is 19.1. The molecule has 0 bridgehead atoms. The van der Waals surface area contributed by atoms with Crippen LogP contribution in [0.2, 0.25) is 0 Å². The van der Waals surface area contributed by atoms with Crippen molar-refractivity contribution >= 4 is 5.91 Å². The Morgan fingerprint density at radius 2 is 1.95 bits per heavy atom. The lowest BCUT2D eigenvalue weighted by atomic mass is 9.76. The normalized spacial score (nSPS) is 17.2. The number of amides is 1. The van der Waals surface area contributed by atoms with Gasteiger partial charge in [-0.2, -0.15) is 0 Å². The Kier molecular flexibility index (Phi) is 3.92. The predicted molar refractivity (Wildman–Crippen MR) is 75.1 cm³/mol. The van der Waals surface area contributed by atoms with Crippen LogP contribution in [0.15, 0.2) is 35.1 Å². The van der Waals surface area contributed by atoms with Gasteiger partial charge < -0.3 is 9.84 Å². The maximum Gasteiger partial charge on any atom is 0.274 e. The molecule has 0 radical (unpaired) electrons. The largest absolute Gasteiger partial charge is 0.364 e. The fourth-order valence-electron chi connectivity index (χ4n) is 3.11. The Labute approximate surface area is 126 Å². The summed E-state index contributed by atoms with van der Waals surface area (Å²) < 4.78 is 32.1. The number of rotatable bonds is 3. The van der Waals surface area contributed by atoms with Gasteiger partial charge in [0.15, 0.2) is 5.69 Å². The molecule has 1 aliphatic carbocycles. The lowest BCUT2D eigenvalue weighted by Gasteiger charge is -2.38. The van der Waals surface area contributed by atoms with Crippen LogP contribution < -0.4 is 5.32 Å². The lowest BCUT2D eigenvalue weighted by Crippen LogP contribution is -2.48. The summed E-state index contributed by atoms with van der Waals surface area (Å²) in [7, 11) is 0. The van der Waals surface area contributed by atoms with Crippen LogP contribution in [0.1, 0.15) is 48.2 Å². The van der Waals surface area contributed by atoms with Crippen molar-refractivity contribution in [3.05, 3.63) is 53.4 Å². The van der Waals surface area contributed by atoms with E-state index in [1.54, 1.807) is 0 Å². The summed E-state index contributed by atoms with van der Waals surface area (Å²) in [5, 5.41) is 6.49. The molecular weight excluding hydrogens is 290 g/mol. The highest BCUT2D eigenvalue weighted by Gasteiger charge is 2.38. The molecule has 1 fully saturated rings. The van der Waals surface area contributed by atoms with Gasteiger partial charge in [0, 0.05) is 17.7 Å². The van der Waals surface area contributed by atoms with Crippen LogP contribution in [-0.4, -0.2) is 11.1 Å². The average Bonchev–Trinajstić information content (AvgIpc) is 3.02. The molecule has 1 aliphatic rings. The molecule has 1 aromatic carbocycles. The molecule has 0 unspecified atom stereocenters. The number of hydrogen-bond donors (Lipinski definition) is 1. The third-order valence-electron chi connectivity index (χ3n) is 4.18. The van der Waals surface area contributed by atoms with Gasteiger partial charge in [-0.25, -0.2) is 8.78 Å². The molecule has 1 N–H and O–H groups in total. The first-order valence-corrected chi connectivity index (χ1v) is 7.29. The van der Waals surface area contributed by atoms with E-state index >= 15 is 0 Å². The standard InChI is InChI=1S/C16H16F2N2O2/c17-11-4-5-12(13(18)10-11)16(7-2-1-3-8-16)19-15(21)14-6-9-22-20-14/h4-6,9-10H,1-3,7-8H2,(H,19,21). The Morgan fingerprint density at radius 3 is 2.59 bits per heavy atom. The second-order valence-electron chi connectivity index (χ2n) is 5.61. The van der Waals surface area contributed by atoms with Gasteiger partial charge in [-0.05, 0) is 18.9 Å². The summed E-state index contributed by atoms with van der Waals surface area (Å²) in [6, 6.07) is 4.94. The molecule has 116 valence electrons. The maximum absolute atomic E-state index is 14.2.